The van der Waals surface area contributed by atoms with Gasteiger partial charge in [-0.05, 0) is 66.6 Å². The highest BCUT2D eigenvalue weighted by molar-refractivity contribution is 5.69. The molecule has 0 unspecified atom stereocenters. The Hall–Kier alpha value is -2.54. The van der Waals surface area contributed by atoms with Crippen molar-refractivity contribution in [1.82, 2.24) is 0 Å². The van der Waals surface area contributed by atoms with Crippen molar-refractivity contribution >= 4 is 11.4 Å². The summed E-state index contributed by atoms with van der Waals surface area (Å²) in [6.45, 7) is 2.12. The van der Waals surface area contributed by atoms with Crippen molar-refractivity contribution in [2.75, 3.05) is 11.9 Å². The predicted molar refractivity (Wildman–Crippen MR) is 117 cm³/mol. The van der Waals surface area contributed by atoms with Crippen LogP contribution < -0.4 is 4.90 Å². The highest BCUT2D eigenvalue weighted by Crippen LogP contribution is 2.34. The molecule has 1 fully saturated rings. The maximum atomic E-state index is 2.34. The lowest BCUT2D eigenvalue weighted by atomic mass is 9.84. The van der Waals surface area contributed by atoms with Gasteiger partial charge in [0.1, 0.15) is 0 Å². The first-order chi connectivity index (χ1) is 13.2. The van der Waals surface area contributed by atoms with Gasteiger partial charge in [-0.2, -0.15) is 0 Å². The molecule has 0 bridgehead atoms. The summed E-state index contributed by atoms with van der Waals surface area (Å²) < 4.78 is 0. The molecule has 3 aromatic rings. The second-order valence-corrected chi connectivity index (χ2v) is 7.90. The zero-order valence-corrected chi connectivity index (χ0v) is 16.5. The number of hydrogen-bond acceptors (Lipinski definition) is 1. The summed E-state index contributed by atoms with van der Waals surface area (Å²) in [5.74, 6) is 0.776. The molecule has 1 aliphatic rings. The van der Waals surface area contributed by atoms with E-state index in [4.69, 9.17) is 0 Å². The standard InChI is InChI=1S/C26H29N/c1-20-8-16-25(17-9-20)27(2)26-18-14-24(15-19-26)23-12-10-22(11-13-23)21-6-4-3-5-7-21/h8-19,21H,3-7H2,1-2H3. The Balaban J connectivity index is 1.49. The maximum absolute atomic E-state index is 2.34. The number of benzene rings is 3. The molecule has 0 radical (unpaired) electrons. The molecule has 0 amide bonds. The Labute approximate surface area is 163 Å². The van der Waals surface area contributed by atoms with E-state index in [1.807, 2.05) is 0 Å². The van der Waals surface area contributed by atoms with Crippen LogP contribution in [0.2, 0.25) is 0 Å². The van der Waals surface area contributed by atoms with Crippen molar-refractivity contribution in [3.8, 4) is 11.1 Å². The van der Waals surface area contributed by atoms with E-state index in [1.165, 1.54) is 65.7 Å². The Morgan fingerprint density at radius 3 is 1.67 bits per heavy atom. The fourth-order valence-electron chi connectivity index (χ4n) is 4.18. The van der Waals surface area contributed by atoms with Crippen molar-refractivity contribution in [1.29, 1.82) is 0 Å². The summed E-state index contributed by atoms with van der Waals surface area (Å²) in [6.07, 6.45) is 6.92. The SMILES string of the molecule is Cc1ccc(N(C)c2ccc(-c3ccc(C4CCCCC4)cc3)cc2)cc1. The molecule has 0 heterocycles. The van der Waals surface area contributed by atoms with Gasteiger partial charge in [0.2, 0.25) is 0 Å². The van der Waals surface area contributed by atoms with E-state index in [0.717, 1.165) is 5.92 Å². The van der Waals surface area contributed by atoms with Gasteiger partial charge in [-0.3, -0.25) is 0 Å². The van der Waals surface area contributed by atoms with E-state index < -0.39 is 0 Å². The quantitative estimate of drug-likeness (QED) is 0.469. The molecule has 0 atom stereocenters. The molecule has 3 aromatic carbocycles. The molecule has 1 heteroatoms. The van der Waals surface area contributed by atoms with Gasteiger partial charge in [0.25, 0.3) is 0 Å². The fourth-order valence-corrected chi connectivity index (χ4v) is 4.18. The number of hydrogen-bond donors (Lipinski definition) is 0. The van der Waals surface area contributed by atoms with Crippen LogP contribution in [0.25, 0.3) is 11.1 Å². The highest BCUT2D eigenvalue weighted by Gasteiger charge is 2.15. The maximum Gasteiger partial charge on any atom is 0.0408 e. The minimum atomic E-state index is 0.776. The molecular formula is C26H29N. The summed E-state index contributed by atoms with van der Waals surface area (Å²) in [6, 6.07) is 26.8. The lowest BCUT2D eigenvalue weighted by Gasteiger charge is -2.22. The van der Waals surface area contributed by atoms with Crippen LogP contribution >= 0.6 is 0 Å². The van der Waals surface area contributed by atoms with E-state index in [0.29, 0.717) is 0 Å². The van der Waals surface area contributed by atoms with Crippen molar-refractivity contribution in [3.05, 3.63) is 83.9 Å². The van der Waals surface area contributed by atoms with E-state index in [2.05, 4.69) is 91.7 Å². The van der Waals surface area contributed by atoms with Crippen LogP contribution in [-0.2, 0) is 0 Å². The Kier molecular flexibility index (Phi) is 5.29. The first kappa shape index (κ1) is 17.9. The van der Waals surface area contributed by atoms with Crippen molar-refractivity contribution in [2.45, 2.75) is 44.9 Å². The summed E-state index contributed by atoms with van der Waals surface area (Å²) in [7, 11) is 2.12. The summed E-state index contributed by atoms with van der Waals surface area (Å²) in [4.78, 5) is 2.23. The zero-order valence-electron chi connectivity index (χ0n) is 16.5. The van der Waals surface area contributed by atoms with Gasteiger partial charge in [0.05, 0.1) is 0 Å². The topological polar surface area (TPSA) is 3.24 Å². The van der Waals surface area contributed by atoms with E-state index >= 15 is 0 Å². The van der Waals surface area contributed by atoms with Gasteiger partial charge in [0.15, 0.2) is 0 Å². The Morgan fingerprint density at radius 2 is 1.11 bits per heavy atom. The first-order valence-corrected chi connectivity index (χ1v) is 10.2. The third kappa shape index (κ3) is 4.08. The Bertz CT molecular complexity index is 854. The molecule has 0 saturated heterocycles. The number of nitrogens with zero attached hydrogens (tertiary/aromatic N) is 1. The molecule has 1 nitrogen and oxygen atoms in total. The summed E-state index contributed by atoms with van der Waals surface area (Å²) in [5.41, 5.74) is 7.82. The largest absolute Gasteiger partial charge is 0.345 e. The number of rotatable bonds is 4. The zero-order chi connectivity index (χ0) is 18.6. The van der Waals surface area contributed by atoms with Gasteiger partial charge in [0, 0.05) is 18.4 Å². The normalized spacial score (nSPS) is 14.9. The molecule has 1 saturated carbocycles. The molecule has 27 heavy (non-hydrogen) atoms. The lowest BCUT2D eigenvalue weighted by Crippen LogP contribution is -2.08. The van der Waals surface area contributed by atoms with Gasteiger partial charge in [-0.15, -0.1) is 0 Å². The second-order valence-electron chi connectivity index (χ2n) is 7.90. The van der Waals surface area contributed by atoms with E-state index in [9.17, 15) is 0 Å². The molecule has 0 aromatic heterocycles. The van der Waals surface area contributed by atoms with Crippen LogP contribution in [0.3, 0.4) is 0 Å². The molecule has 138 valence electrons. The molecule has 0 N–H and O–H groups in total. The smallest absolute Gasteiger partial charge is 0.0408 e. The highest BCUT2D eigenvalue weighted by atomic mass is 15.1. The minimum Gasteiger partial charge on any atom is -0.345 e. The van der Waals surface area contributed by atoms with Crippen LogP contribution in [-0.4, -0.2) is 7.05 Å². The molecular weight excluding hydrogens is 326 g/mol. The van der Waals surface area contributed by atoms with Crippen molar-refractivity contribution in [2.24, 2.45) is 0 Å². The molecule has 0 spiro atoms. The average molecular weight is 356 g/mol. The van der Waals surface area contributed by atoms with Gasteiger partial charge >= 0.3 is 0 Å². The van der Waals surface area contributed by atoms with Crippen molar-refractivity contribution < 1.29 is 0 Å². The average Bonchev–Trinajstić information content (AvgIpc) is 2.75. The molecule has 1 aliphatic carbocycles. The van der Waals surface area contributed by atoms with Crippen LogP contribution in [0.5, 0.6) is 0 Å². The molecule has 4 rings (SSSR count). The molecule has 0 aliphatic heterocycles. The predicted octanol–water partition coefficient (Wildman–Crippen LogP) is 7.48. The van der Waals surface area contributed by atoms with Crippen molar-refractivity contribution in [3.63, 3.8) is 0 Å². The van der Waals surface area contributed by atoms with Gasteiger partial charge in [-0.25, -0.2) is 0 Å². The first-order valence-electron chi connectivity index (χ1n) is 10.2. The lowest BCUT2D eigenvalue weighted by molar-refractivity contribution is 0.443. The number of aryl methyl sites for hydroxylation is 1. The van der Waals surface area contributed by atoms with Crippen LogP contribution in [0.1, 0.15) is 49.1 Å². The Morgan fingerprint density at radius 1 is 0.630 bits per heavy atom. The van der Waals surface area contributed by atoms with Gasteiger partial charge < -0.3 is 4.90 Å². The third-order valence-electron chi connectivity index (χ3n) is 6.00. The third-order valence-corrected chi connectivity index (χ3v) is 6.00. The minimum absolute atomic E-state index is 0.776. The second kappa shape index (κ2) is 8.00. The van der Waals surface area contributed by atoms with E-state index in [1.54, 1.807) is 0 Å². The summed E-state index contributed by atoms with van der Waals surface area (Å²) in [5, 5.41) is 0. The van der Waals surface area contributed by atoms with Gasteiger partial charge in [-0.1, -0.05) is 73.4 Å². The number of anilines is 2. The fraction of sp³-hybridized carbons (Fsp3) is 0.308. The van der Waals surface area contributed by atoms with E-state index in [-0.39, 0.29) is 0 Å². The summed E-state index contributed by atoms with van der Waals surface area (Å²) >= 11 is 0. The van der Waals surface area contributed by atoms with Crippen LogP contribution in [0.15, 0.2) is 72.8 Å². The van der Waals surface area contributed by atoms with Crippen LogP contribution in [0, 0.1) is 6.92 Å². The monoisotopic (exact) mass is 355 g/mol. The van der Waals surface area contributed by atoms with Crippen LogP contribution in [0.4, 0.5) is 11.4 Å².